The molecule has 2 aliphatic heterocycles. The van der Waals surface area contributed by atoms with Gasteiger partial charge in [0.25, 0.3) is 0 Å². The molecule has 1 amide bonds. The number of likely N-dealkylation sites (tertiary alicyclic amines) is 1. The highest BCUT2D eigenvalue weighted by Gasteiger charge is 2.32. The van der Waals surface area contributed by atoms with Gasteiger partial charge < -0.3 is 10.1 Å². The summed E-state index contributed by atoms with van der Waals surface area (Å²) in [6.07, 6.45) is 8.68. The minimum absolute atomic E-state index is 0.0924. The fraction of sp³-hybridized carbons (Fsp3) is 0.933. The summed E-state index contributed by atoms with van der Waals surface area (Å²) >= 11 is 0. The Morgan fingerprint density at radius 2 is 2.05 bits per heavy atom. The van der Waals surface area contributed by atoms with E-state index in [0.717, 1.165) is 57.8 Å². The molecule has 0 radical (unpaired) electrons. The lowest BCUT2D eigenvalue weighted by molar-refractivity contribution is -0.128. The Hall–Kier alpha value is -0.610. The lowest BCUT2D eigenvalue weighted by Crippen LogP contribution is -2.51. The first-order valence-corrected chi connectivity index (χ1v) is 7.96. The normalized spacial score (nSPS) is 33.8. The van der Waals surface area contributed by atoms with Crippen LogP contribution in [0.15, 0.2) is 0 Å². The van der Waals surface area contributed by atoms with Crippen LogP contribution in [0.1, 0.15) is 44.9 Å². The van der Waals surface area contributed by atoms with Gasteiger partial charge in [0.2, 0.25) is 5.91 Å². The van der Waals surface area contributed by atoms with Crippen LogP contribution in [0.5, 0.6) is 0 Å². The third-order valence-corrected chi connectivity index (χ3v) is 4.62. The molecule has 1 saturated carbocycles. The van der Waals surface area contributed by atoms with E-state index in [9.17, 15) is 4.79 Å². The summed E-state index contributed by atoms with van der Waals surface area (Å²) in [5.74, 6) is 1.07. The summed E-state index contributed by atoms with van der Waals surface area (Å²) in [5, 5.41) is 3.05. The first-order valence-electron chi connectivity index (χ1n) is 7.96. The Kier molecular flexibility index (Phi) is 4.38. The van der Waals surface area contributed by atoms with Gasteiger partial charge in [-0.25, -0.2) is 0 Å². The zero-order valence-corrected chi connectivity index (χ0v) is 11.8. The van der Waals surface area contributed by atoms with E-state index in [4.69, 9.17) is 4.74 Å². The van der Waals surface area contributed by atoms with E-state index in [1.807, 2.05) is 0 Å². The number of amides is 1. The van der Waals surface area contributed by atoms with Crippen LogP contribution in [0, 0.1) is 5.92 Å². The SMILES string of the molecule is O=C1NCCCC[C@@H]1N1CCC[C@@H](OCC2CC2)C1. The van der Waals surface area contributed by atoms with Gasteiger partial charge in [0.1, 0.15) is 0 Å². The molecule has 19 heavy (non-hydrogen) atoms. The number of piperidine rings is 1. The second-order valence-electron chi connectivity index (χ2n) is 6.34. The molecule has 0 bridgehead atoms. The van der Waals surface area contributed by atoms with E-state index in [1.165, 1.54) is 19.3 Å². The molecule has 2 saturated heterocycles. The summed E-state index contributed by atoms with van der Waals surface area (Å²) in [6, 6.07) is 0.0924. The number of carbonyl (C=O) groups is 1. The van der Waals surface area contributed by atoms with E-state index in [-0.39, 0.29) is 11.9 Å². The number of ether oxygens (including phenoxy) is 1. The van der Waals surface area contributed by atoms with Crippen molar-refractivity contribution >= 4 is 5.91 Å². The zero-order valence-electron chi connectivity index (χ0n) is 11.8. The molecule has 0 aromatic rings. The van der Waals surface area contributed by atoms with Gasteiger partial charge in [-0.05, 0) is 57.4 Å². The van der Waals surface area contributed by atoms with E-state index < -0.39 is 0 Å². The van der Waals surface area contributed by atoms with Gasteiger partial charge >= 0.3 is 0 Å². The van der Waals surface area contributed by atoms with Crippen LogP contribution >= 0.6 is 0 Å². The number of rotatable bonds is 4. The van der Waals surface area contributed by atoms with Crippen LogP contribution in [-0.4, -0.2) is 49.2 Å². The van der Waals surface area contributed by atoms with Crippen molar-refractivity contribution in [2.24, 2.45) is 5.92 Å². The molecule has 4 heteroatoms. The van der Waals surface area contributed by atoms with Crippen LogP contribution in [0.2, 0.25) is 0 Å². The third kappa shape index (κ3) is 3.69. The van der Waals surface area contributed by atoms with Gasteiger partial charge in [-0.3, -0.25) is 9.69 Å². The molecule has 3 fully saturated rings. The Bertz CT molecular complexity index is 317. The summed E-state index contributed by atoms with van der Waals surface area (Å²) in [4.78, 5) is 14.5. The van der Waals surface area contributed by atoms with Crippen LogP contribution in [0.3, 0.4) is 0 Å². The minimum Gasteiger partial charge on any atom is -0.377 e. The molecule has 2 heterocycles. The molecule has 4 nitrogen and oxygen atoms in total. The fourth-order valence-electron chi connectivity index (χ4n) is 3.21. The first-order chi connectivity index (χ1) is 9.33. The predicted molar refractivity (Wildman–Crippen MR) is 73.9 cm³/mol. The minimum atomic E-state index is 0.0924. The number of carbonyl (C=O) groups excluding carboxylic acids is 1. The predicted octanol–water partition coefficient (Wildman–Crippen LogP) is 1.55. The fourth-order valence-corrected chi connectivity index (χ4v) is 3.21. The van der Waals surface area contributed by atoms with Gasteiger partial charge in [-0.1, -0.05) is 0 Å². The van der Waals surface area contributed by atoms with Crippen molar-refractivity contribution in [1.82, 2.24) is 10.2 Å². The van der Waals surface area contributed by atoms with Gasteiger partial charge in [0.05, 0.1) is 12.1 Å². The largest absolute Gasteiger partial charge is 0.377 e. The molecule has 0 aromatic carbocycles. The van der Waals surface area contributed by atoms with Gasteiger partial charge in [-0.2, -0.15) is 0 Å². The quantitative estimate of drug-likeness (QED) is 0.839. The molecule has 0 spiro atoms. The summed E-state index contributed by atoms with van der Waals surface area (Å²) < 4.78 is 6.02. The van der Waals surface area contributed by atoms with Gasteiger partial charge in [0, 0.05) is 19.7 Å². The lowest BCUT2D eigenvalue weighted by atomic mass is 10.0. The molecule has 3 rings (SSSR count). The highest BCUT2D eigenvalue weighted by atomic mass is 16.5. The van der Waals surface area contributed by atoms with Gasteiger partial charge in [-0.15, -0.1) is 0 Å². The standard InChI is InChI=1S/C15H26N2O2/c18-15-14(5-1-2-8-16-15)17-9-3-4-13(10-17)19-11-12-6-7-12/h12-14H,1-11H2,(H,16,18)/t13-,14+/m1/s1. The number of nitrogens with zero attached hydrogens (tertiary/aromatic N) is 1. The summed E-state index contributed by atoms with van der Waals surface area (Å²) in [6.45, 7) is 3.80. The van der Waals surface area contributed by atoms with Crippen molar-refractivity contribution in [3.05, 3.63) is 0 Å². The smallest absolute Gasteiger partial charge is 0.237 e. The maximum Gasteiger partial charge on any atom is 0.237 e. The van der Waals surface area contributed by atoms with Crippen molar-refractivity contribution < 1.29 is 9.53 Å². The van der Waals surface area contributed by atoms with E-state index in [1.54, 1.807) is 0 Å². The Morgan fingerprint density at radius 3 is 2.89 bits per heavy atom. The van der Waals surface area contributed by atoms with Crippen LogP contribution in [0.25, 0.3) is 0 Å². The Balaban J connectivity index is 1.52. The molecular weight excluding hydrogens is 240 g/mol. The Labute approximate surface area is 115 Å². The molecule has 1 N–H and O–H groups in total. The van der Waals surface area contributed by atoms with Crippen LogP contribution < -0.4 is 5.32 Å². The molecule has 108 valence electrons. The highest BCUT2D eigenvalue weighted by molar-refractivity contribution is 5.81. The average Bonchev–Trinajstić information content (AvgIpc) is 3.24. The maximum atomic E-state index is 12.1. The van der Waals surface area contributed by atoms with Crippen molar-refractivity contribution in [3.63, 3.8) is 0 Å². The second kappa shape index (κ2) is 6.23. The van der Waals surface area contributed by atoms with Crippen LogP contribution in [0.4, 0.5) is 0 Å². The van der Waals surface area contributed by atoms with E-state index in [2.05, 4.69) is 10.2 Å². The van der Waals surface area contributed by atoms with Crippen LogP contribution in [-0.2, 0) is 9.53 Å². The lowest BCUT2D eigenvalue weighted by Gasteiger charge is -2.37. The number of hydrogen-bond acceptors (Lipinski definition) is 3. The topological polar surface area (TPSA) is 41.6 Å². The molecule has 0 unspecified atom stereocenters. The van der Waals surface area contributed by atoms with Crippen molar-refractivity contribution in [1.29, 1.82) is 0 Å². The highest BCUT2D eigenvalue weighted by Crippen LogP contribution is 2.30. The summed E-state index contributed by atoms with van der Waals surface area (Å²) in [5.41, 5.74) is 0. The monoisotopic (exact) mass is 266 g/mol. The average molecular weight is 266 g/mol. The third-order valence-electron chi connectivity index (χ3n) is 4.62. The first kappa shape index (κ1) is 13.4. The molecule has 1 aliphatic carbocycles. The number of hydrogen-bond donors (Lipinski definition) is 1. The molecule has 0 aromatic heterocycles. The van der Waals surface area contributed by atoms with Crippen molar-refractivity contribution in [2.75, 3.05) is 26.2 Å². The second-order valence-corrected chi connectivity index (χ2v) is 6.34. The Morgan fingerprint density at radius 1 is 1.16 bits per heavy atom. The molecular formula is C15H26N2O2. The number of nitrogens with one attached hydrogen (secondary N) is 1. The maximum absolute atomic E-state index is 12.1. The van der Waals surface area contributed by atoms with Gasteiger partial charge in [0.15, 0.2) is 0 Å². The van der Waals surface area contributed by atoms with E-state index >= 15 is 0 Å². The van der Waals surface area contributed by atoms with Crippen molar-refractivity contribution in [3.8, 4) is 0 Å². The zero-order chi connectivity index (χ0) is 13.1. The van der Waals surface area contributed by atoms with Crippen molar-refractivity contribution in [2.45, 2.75) is 57.1 Å². The van der Waals surface area contributed by atoms with E-state index in [0.29, 0.717) is 6.10 Å². The molecule has 3 aliphatic rings. The molecule has 2 atom stereocenters. The summed E-state index contributed by atoms with van der Waals surface area (Å²) in [7, 11) is 0.